The maximum atomic E-state index is 6.36. The molecule has 0 spiro atoms. The zero-order valence-corrected chi connectivity index (χ0v) is 14.9. The van der Waals surface area contributed by atoms with E-state index in [0.717, 1.165) is 18.6 Å². The van der Waals surface area contributed by atoms with Gasteiger partial charge in [-0.3, -0.25) is 9.80 Å². The fraction of sp³-hybridized carbons (Fsp3) is 1.00. The Balaban J connectivity index is 2.19. The average molecular weight is 296 g/mol. The first-order chi connectivity index (χ1) is 9.88. The van der Waals surface area contributed by atoms with Gasteiger partial charge in [-0.05, 0) is 51.0 Å². The van der Waals surface area contributed by atoms with Crippen molar-refractivity contribution in [3.05, 3.63) is 0 Å². The van der Waals surface area contributed by atoms with Gasteiger partial charge in [-0.2, -0.15) is 0 Å². The van der Waals surface area contributed by atoms with E-state index in [-0.39, 0.29) is 5.54 Å². The van der Waals surface area contributed by atoms with E-state index in [2.05, 4.69) is 44.5 Å². The zero-order valence-electron chi connectivity index (χ0n) is 14.9. The molecule has 21 heavy (non-hydrogen) atoms. The van der Waals surface area contributed by atoms with E-state index in [1.165, 1.54) is 45.2 Å². The van der Waals surface area contributed by atoms with Crippen LogP contribution in [0.15, 0.2) is 0 Å². The molecule has 3 heteroatoms. The lowest BCUT2D eigenvalue weighted by atomic mass is 9.79. The molecule has 0 saturated carbocycles. The van der Waals surface area contributed by atoms with Crippen molar-refractivity contribution < 1.29 is 0 Å². The monoisotopic (exact) mass is 295 g/mol. The van der Waals surface area contributed by atoms with Crippen LogP contribution in [0, 0.1) is 11.8 Å². The summed E-state index contributed by atoms with van der Waals surface area (Å²) in [5.41, 5.74) is 6.58. The van der Waals surface area contributed by atoms with Crippen molar-refractivity contribution in [1.82, 2.24) is 9.80 Å². The van der Waals surface area contributed by atoms with E-state index in [9.17, 15) is 0 Å². The SMILES string of the molecule is CC(C)CC(CN)(CC(C)C)N1CCC2CCC(C1)N2C. The lowest BCUT2D eigenvalue weighted by Crippen LogP contribution is -2.57. The van der Waals surface area contributed by atoms with Gasteiger partial charge in [0.2, 0.25) is 0 Å². The predicted molar refractivity (Wildman–Crippen MR) is 91.5 cm³/mol. The molecular weight excluding hydrogens is 258 g/mol. The minimum atomic E-state index is 0.216. The highest BCUT2D eigenvalue weighted by Crippen LogP contribution is 2.36. The maximum absolute atomic E-state index is 6.36. The van der Waals surface area contributed by atoms with Crippen LogP contribution < -0.4 is 5.73 Å². The molecule has 0 aromatic carbocycles. The highest BCUT2D eigenvalue weighted by Gasteiger charge is 2.42. The first-order valence-corrected chi connectivity index (χ1v) is 9.05. The first-order valence-electron chi connectivity index (χ1n) is 9.05. The third-order valence-corrected chi connectivity index (χ3v) is 5.78. The molecule has 2 bridgehead atoms. The van der Waals surface area contributed by atoms with E-state index < -0.39 is 0 Å². The molecule has 2 aliphatic heterocycles. The Labute approximate surface area is 132 Å². The molecule has 0 radical (unpaired) electrons. The predicted octanol–water partition coefficient (Wildman–Crippen LogP) is 2.94. The summed E-state index contributed by atoms with van der Waals surface area (Å²) in [4.78, 5) is 5.43. The van der Waals surface area contributed by atoms with Gasteiger partial charge in [0.15, 0.2) is 0 Å². The highest BCUT2D eigenvalue weighted by atomic mass is 15.3. The van der Waals surface area contributed by atoms with Gasteiger partial charge in [-0.15, -0.1) is 0 Å². The third kappa shape index (κ3) is 3.80. The highest BCUT2D eigenvalue weighted by molar-refractivity contribution is 4.99. The molecule has 2 rings (SSSR count). The number of fused-ring (bicyclic) bond motifs is 2. The Morgan fingerprint density at radius 2 is 1.57 bits per heavy atom. The topological polar surface area (TPSA) is 32.5 Å². The first kappa shape index (κ1) is 17.2. The fourth-order valence-electron chi connectivity index (χ4n) is 4.90. The quantitative estimate of drug-likeness (QED) is 0.818. The maximum Gasteiger partial charge on any atom is 0.0337 e. The van der Waals surface area contributed by atoms with Crippen LogP contribution in [0.25, 0.3) is 0 Å². The van der Waals surface area contributed by atoms with Crippen LogP contribution in [-0.4, -0.2) is 54.1 Å². The van der Waals surface area contributed by atoms with Gasteiger partial charge >= 0.3 is 0 Å². The lowest BCUT2D eigenvalue weighted by molar-refractivity contribution is 0.0453. The van der Waals surface area contributed by atoms with E-state index in [0.29, 0.717) is 11.8 Å². The Morgan fingerprint density at radius 1 is 1.00 bits per heavy atom. The van der Waals surface area contributed by atoms with E-state index in [1.807, 2.05) is 0 Å². The Kier molecular flexibility index (Phi) is 5.72. The summed E-state index contributed by atoms with van der Waals surface area (Å²) < 4.78 is 0. The molecule has 2 heterocycles. The van der Waals surface area contributed by atoms with Crippen LogP contribution >= 0.6 is 0 Å². The van der Waals surface area contributed by atoms with Crippen molar-refractivity contribution >= 4 is 0 Å². The van der Waals surface area contributed by atoms with Crippen molar-refractivity contribution in [2.75, 3.05) is 26.7 Å². The van der Waals surface area contributed by atoms with Crippen molar-refractivity contribution in [3.63, 3.8) is 0 Å². The van der Waals surface area contributed by atoms with E-state index in [1.54, 1.807) is 0 Å². The molecule has 2 aliphatic rings. The van der Waals surface area contributed by atoms with Gasteiger partial charge in [0.25, 0.3) is 0 Å². The second kappa shape index (κ2) is 6.97. The standard InChI is InChI=1S/C18H37N3/c1-14(2)10-18(13-19,11-15(3)4)21-9-8-16-6-7-17(12-21)20(16)5/h14-17H,6-13,19H2,1-5H3. The minimum absolute atomic E-state index is 0.216. The molecule has 0 aromatic rings. The number of nitrogens with two attached hydrogens (primary N) is 1. The molecule has 2 atom stereocenters. The molecule has 2 saturated heterocycles. The van der Waals surface area contributed by atoms with Crippen molar-refractivity contribution in [2.24, 2.45) is 17.6 Å². The summed E-state index contributed by atoms with van der Waals surface area (Å²) in [5, 5.41) is 0. The number of likely N-dealkylation sites (tertiary alicyclic amines) is 1. The molecule has 3 nitrogen and oxygen atoms in total. The van der Waals surface area contributed by atoms with Crippen LogP contribution in [-0.2, 0) is 0 Å². The zero-order chi connectivity index (χ0) is 15.6. The smallest absolute Gasteiger partial charge is 0.0337 e. The van der Waals surface area contributed by atoms with Crippen molar-refractivity contribution in [3.8, 4) is 0 Å². The van der Waals surface area contributed by atoms with Crippen molar-refractivity contribution in [1.29, 1.82) is 0 Å². The molecule has 124 valence electrons. The summed E-state index contributed by atoms with van der Waals surface area (Å²) in [6, 6.07) is 1.57. The molecule has 2 unspecified atom stereocenters. The van der Waals surface area contributed by atoms with Gasteiger partial charge in [-0.25, -0.2) is 0 Å². The molecule has 0 aliphatic carbocycles. The van der Waals surface area contributed by atoms with Gasteiger partial charge in [0, 0.05) is 37.3 Å². The van der Waals surface area contributed by atoms with Crippen molar-refractivity contribution in [2.45, 2.75) is 77.4 Å². The normalized spacial score (nSPS) is 28.6. The summed E-state index contributed by atoms with van der Waals surface area (Å²) >= 11 is 0. The summed E-state index contributed by atoms with van der Waals surface area (Å²) in [6.07, 6.45) is 6.58. The second-order valence-electron chi connectivity index (χ2n) is 8.41. The van der Waals surface area contributed by atoms with Crippen LogP contribution in [0.1, 0.15) is 59.8 Å². The van der Waals surface area contributed by atoms with Gasteiger partial charge in [-0.1, -0.05) is 27.7 Å². The third-order valence-electron chi connectivity index (χ3n) is 5.78. The Hall–Kier alpha value is -0.120. The summed E-state index contributed by atoms with van der Waals surface area (Å²) in [6.45, 7) is 12.7. The Bertz CT molecular complexity index is 316. The summed E-state index contributed by atoms with van der Waals surface area (Å²) in [5.74, 6) is 1.43. The van der Waals surface area contributed by atoms with Gasteiger partial charge < -0.3 is 5.73 Å². The molecular formula is C18H37N3. The van der Waals surface area contributed by atoms with Crippen LogP contribution in [0.4, 0.5) is 0 Å². The fourth-order valence-corrected chi connectivity index (χ4v) is 4.90. The molecule has 0 aromatic heterocycles. The lowest BCUT2D eigenvalue weighted by Gasteiger charge is -2.46. The van der Waals surface area contributed by atoms with Crippen LogP contribution in [0.2, 0.25) is 0 Å². The van der Waals surface area contributed by atoms with E-state index in [4.69, 9.17) is 5.73 Å². The molecule has 0 amide bonds. The number of hydrogen-bond donors (Lipinski definition) is 1. The molecule has 2 N–H and O–H groups in total. The van der Waals surface area contributed by atoms with E-state index >= 15 is 0 Å². The number of hydrogen-bond acceptors (Lipinski definition) is 3. The number of nitrogens with zero attached hydrogens (tertiary/aromatic N) is 2. The van der Waals surface area contributed by atoms with Crippen LogP contribution in [0.3, 0.4) is 0 Å². The number of rotatable bonds is 6. The second-order valence-corrected chi connectivity index (χ2v) is 8.41. The largest absolute Gasteiger partial charge is 0.329 e. The van der Waals surface area contributed by atoms with Gasteiger partial charge in [0.05, 0.1) is 0 Å². The Morgan fingerprint density at radius 3 is 2.10 bits per heavy atom. The number of likely N-dealkylation sites (N-methyl/N-ethyl adjacent to an activating group) is 1. The average Bonchev–Trinajstić information content (AvgIpc) is 2.60. The van der Waals surface area contributed by atoms with Crippen LogP contribution in [0.5, 0.6) is 0 Å². The summed E-state index contributed by atoms with van der Waals surface area (Å²) in [7, 11) is 2.33. The minimum Gasteiger partial charge on any atom is -0.329 e. The van der Waals surface area contributed by atoms with Gasteiger partial charge in [0.1, 0.15) is 0 Å². The molecule has 2 fully saturated rings.